The molecule has 0 aliphatic rings. The van der Waals surface area contributed by atoms with Crippen LogP contribution in [0.4, 0.5) is 0 Å². The van der Waals surface area contributed by atoms with Crippen LogP contribution in [-0.4, -0.2) is 23.2 Å². The fourth-order valence-corrected chi connectivity index (χ4v) is 25.0. The molecule has 0 fully saturated rings. The smallest absolute Gasteiger partial charge is 0.252 e. The number of nitrogens with zero attached hydrogens (tertiary/aromatic N) is 1. The zero-order chi connectivity index (χ0) is 7.44. The van der Waals surface area contributed by atoms with Crippen molar-refractivity contribution in [3.05, 3.63) is 0 Å². The summed E-state index contributed by atoms with van der Waals surface area (Å²) in [7, 11) is 0. The number of hydrogen-bond acceptors (Lipinski definition) is 1. The standard InChI is InChI=1S/C2H7Br4NSi2/c1-2-7(8(3)4)9(5)6/h8-9H,2H2,1H3. The Hall–Kier alpha value is 2.31. The molecule has 0 heterocycles. The molecular weight excluding hydrogens is 414 g/mol. The van der Waals surface area contributed by atoms with Crippen LogP contribution in [-0.2, 0) is 0 Å². The van der Waals surface area contributed by atoms with Crippen LogP contribution in [0.5, 0.6) is 0 Å². The Balaban J connectivity index is 3.68. The molecule has 0 aromatic carbocycles. The van der Waals surface area contributed by atoms with Gasteiger partial charge in [0.05, 0.1) is 0 Å². The number of hydrogen-bond donors (Lipinski definition) is 0. The maximum absolute atomic E-state index is 3.56. The van der Waals surface area contributed by atoms with E-state index in [2.05, 4.69) is 72.3 Å². The first-order chi connectivity index (χ1) is 4.09. The van der Waals surface area contributed by atoms with Crippen molar-refractivity contribution in [2.75, 3.05) is 6.54 Å². The zero-order valence-electron chi connectivity index (χ0n) is 4.82. The fraction of sp³-hybridized carbons (Fsp3) is 1.00. The van der Waals surface area contributed by atoms with E-state index in [4.69, 9.17) is 0 Å². The highest BCUT2D eigenvalue weighted by atomic mass is 79.9. The second-order valence-electron chi connectivity index (χ2n) is 1.39. The molecule has 0 aromatic rings. The topological polar surface area (TPSA) is 3.24 Å². The molecule has 0 saturated carbocycles. The third-order valence-electron chi connectivity index (χ3n) is 0.867. The molecule has 0 aromatic heterocycles. The number of halogens is 4. The highest BCUT2D eigenvalue weighted by molar-refractivity contribution is 9.51. The Labute approximate surface area is 90.2 Å². The van der Waals surface area contributed by atoms with Crippen molar-refractivity contribution in [3.8, 4) is 0 Å². The van der Waals surface area contributed by atoms with Gasteiger partial charge in [0.15, 0.2) is 0 Å². The molecule has 0 radical (unpaired) electrons. The summed E-state index contributed by atoms with van der Waals surface area (Å²) < 4.78 is 2.40. The van der Waals surface area contributed by atoms with E-state index in [0.717, 1.165) is 6.54 Å². The molecule has 0 amide bonds. The van der Waals surface area contributed by atoms with Gasteiger partial charge in [-0.2, -0.15) is 0 Å². The molecular formula is C2H7Br4NSi2. The summed E-state index contributed by atoms with van der Waals surface area (Å²) in [6, 6.07) is 0. The minimum Gasteiger partial charge on any atom is -0.317 e. The van der Waals surface area contributed by atoms with E-state index in [-0.39, 0.29) is 0 Å². The molecule has 1 nitrogen and oxygen atoms in total. The van der Waals surface area contributed by atoms with Crippen LogP contribution < -0.4 is 0 Å². The highest BCUT2D eigenvalue weighted by Crippen LogP contribution is 2.17. The molecule has 0 atom stereocenters. The summed E-state index contributed by atoms with van der Waals surface area (Å²) in [6.45, 7) is 3.26. The van der Waals surface area contributed by atoms with Crippen LogP contribution in [0.2, 0.25) is 0 Å². The Kier molecular flexibility index (Phi) is 7.42. The van der Waals surface area contributed by atoms with E-state index >= 15 is 0 Å². The van der Waals surface area contributed by atoms with Crippen LogP contribution in [0.3, 0.4) is 0 Å². The minimum atomic E-state index is -0.917. The summed E-state index contributed by atoms with van der Waals surface area (Å²) in [4.78, 5) is 0. The van der Waals surface area contributed by atoms with E-state index in [9.17, 15) is 0 Å². The summed E-state index contributed by atoms with van der Waals surface area (Å²) in [6.07, 6.45) is -1.83. The molecule has 0 rings (SSSR count). The molecule has 0 aliphatic heterocycles. The van der Waals surface area contributed by atoms with Crippen molar-refractivity contribution in [2.24, 2.45) is 0 Å². The van der Waals surface area contributed by atoms with Crippen molar-refractivity contribution < 1.29 is 0 Å². The van der Waals surface area contributed by atoms with Gasteiger partial charge >= 0.3 is 0 Å². The molecule has 0 unspecified atom stereocenters. The lowest BCUT2D eigenvalue weighted by atomic mass is 10.8. The maximum atomic E-state index is 3.56. The van der Waals surface area contributed by atoms with Gasteiger partial charge in [-0.1, -0.05) is 68.1 Å². The molecule has 0 N–H and O–H groups in total. The Bertz CT molecular complexity index is 71.0. The minimum absolute atomic E-state index is 0.917. The Morgan fingerprint density at radius 1 is 1.11 bits per heavy atom. The lowest BCUT2D eigenvalue weighted by Gasteiger charge is -2.21. The van der Waals surface area contributed by atoms with Crippen LogP contribution >= 0.6 is 61.2 Å². The SMILES string of the molecule is CCN([SiH](Br)Br)[SiH](Br)Br. The van der Waals surface area contributed by atoms with Gasteiger partial charge in [0, 0.05) is 0 Å². The van der Waals surface area contributed by atoms with Crippen molar-refractivity contribution in [3.63, 3.8) is 0 Å². The van der Waals surface area contributed by atoms with Gasteiger partial charge in [-0.15, -0.1) is 0 Å². The summed E-state index contributed by atoms with van der Waals surface area (Å²) in [5.41, 5.74) is 0. The fourth-order valence-electron chi connectivity index (χ4n) is 0.361. The normalized spacial score (nSPS) is 12.0. The van der Waals surface area contributed by atoms with Gasteiger partial charge in [0.1, 0.15) is 0 Å². The maximum Gasteiger partial charge on any atom is 0.252 e. The quantitative estimate of drug-likeness (QED) is 0.500. The van der Waals surface area contributed by atoms with Gasteiger partial charge in [-0.3, -0.25) is 0 Å². The monoisotopic (exact) mass is 417 g/mol. The first-order valence-electron chi connectivity index (χ1n) is 2.41. The van der Waals surface area contributed by atoms with Crippen LogP contribution in [0.1, 0.15) is 6.92 Å². The lowest BCUT2D eigenvalue weighted by Crippen LogP contribution is -2.36. The molecule has 0 saturated heterocycles. The first-order valence-corrected chi connectivity index (χ1v) is 16.2. The number of rotatable bonds is 3. The summed E-state index contributed by atoms with van der Waals surface area (Å²) in [5.74, 6) is 0. The van der Waals surface area contributed by atoms with Crippen LogP contribution in [0.15, 0.2) is 0 Å². The first kappa shape index (κ1) is 11.3. The second-order valence-corrected chi connectivity index (χ2v) is 22.2. The third-order valence-corrected chi connectivity index (χ3v) is 15.9. The molecule has 56 valence electrons. The van der Waals surface area contributed by atoms with E-state index in [0.29, 0.717) is 0 Å². The summed E-state index contributed by atoms with van der Waals surface area (Å²) >= 11 is 14.2. The largest absolute Gasteiger partial charge is 0.317 e. The van der Waals surface area contributed by atoms with Gasteiger partial charge in [0.25, 0.3) is 12.4 Å². The third kappa shape index (κ3) is 4.70. The van der Waals surface area contributed by atoms with Gasteiger partial charge < -0.3 is 4.23 Å². The average molecular weight is 421 g/mol. The van der Waals surface area contributed by atoms with Crippen molar-refractivity contribution in [1.29, 1.82) is 0 Å². The predicted octanol–water partition coefficient (Wildman–Crippen LogP) is 2.32. The molecule has 7 heteroatoms. The van der Waals surface area contributed by atoms with Crippen molar-refractivity contribution >= 4 is 73.6 Å². The lowest BCUT2D eigenvalue weighted by molar-refractivity contribution is 0.734. The zero-order valence-corrected chi connectivity index (χ0v) is 13.5. The van der Waals surface area contributed by atoms with E-state index < -0.39 is 12.4 Å². The van der Waals surface area contributed by atoms with Gasteiger partial charge in [-0.05, 0) is 6.54 Å². The molecule has 0 aliphatic carbocycles. The molecule has 0 spiro atoms. The highest BCUT2D eigenvalue weighted by Gasteiger charge is 2.18. The van der Waals surface area contributed by atoms with Crippen LogP contribution in [0.25, 0.3) is 0 Å². The van der Waals surface area contributed by atoms with Crippen LogP contribution in [0, 0.1) is 0 Å². The molecule has 9 heavy (non-hydrogen) atoms. The Morgan fingerprint density at radius 2 is 1.44 bits per heavy atom. The van der Waals surface area contributed by atoms with Gasteiger partial charge in [-0.25, -0.2) is 0 Å². The summed E-state index contributed by atoms with van der Waals surface area (Å²) in [5, 5.41) is 0. The van der Waals surface area contributed by atoms with Gasteiger partial charge in [0.2, 0.25) is 0 Å². The van der Waals surface area contributed by atoms with E-state index in [1.54, 1.807) is 0 Å². The van der Waals surface area contributed by atoms with E-state index in [1.807, 2.05) is 0 Å². The molecule has 0 bridgehead atoms. The van der Waals surface area contributed by atoms with Crippen molar-refractivity contribution in [2.45, 2.75) is 6.92 Å². The van der Waals surface area contributed by atoms with Crippen molar-refractivity contribution in [1.82, 2.24) is 4.23 Å². The van der Waals surface area contributed by atoms with E-state index in [1.165, 1.54) is 0 Å². The second kappa shape index (κ2) is 5.90. The average Bonchev–Trinajstić information content (AvgIpc) is 1.64. The predicted molar refractivity (Wildman–Crippen MR) is 62.4 cm³/mol. The Morgan fingerprint density at radius 3 is 1.44 bits per heavy atom.